The number of hydrogen-bond acceptors (Lipinski definition) is 3. The van der Waals surface area contributed by atoms with Gasteiger partial charge in [-0.2, -0.15) is 0 Å². The van der Waals surface area contributed by atoms with Crippen LogP contribution in [0.15, 0.2) is 23.1 Å². The maximum atomic E-state index is 5.91. The highest BCUT2D eigenvalue weighted by Crippen LogP contribution is 2.40. The molecule has 2 N–H and O–H groups in total. The summed E-state index contributed by atoms with van der Waals surface area (Å²) in [6.45, 7) is 0. The van der Waals surface area contributed by atoms with Gasteiger partial charge in [-0.15, -0.1) is 23.1 Å². The molecule has 2 aromatic rings. The summed E-state index contributed by atoms with van der Waals surface area (Å²) in [5.41, 5.74) is 5.87. The van der Waals surface area contributed by atoms with Gasteiger partial charge in [-0.3, -0.25) is 0 Å². The second-order valence-corrected chi connectivity index (χ2v) is 4.98. The van der Waals surface area contributed by atoms with Gasteiger partial charge in [0.1, 0.15) is 5.00 Å². The monoisotopic (exact) mass is 229 g/mol. The number of hydrogen-bond donors (Lipinski definition) is 1. The molecule has 0 aliphatic heterocycles. The number of rotatable bonds is 1. The first-order valence-corrected chi connectivity index (χ1v) is 6.16. The van der Waals surface area contributed by atoms with E-state index in [-0.39, 0.29) is 0 Å². The number of thioether (sulfide) groups is 1. The molecular weight excluding hydrogens is 222 g/mol. The average Bonchev–Trinajstić information content (AvgIpc) is 2.40. The zero-order chi connectivity index (χ0) is 9.42. The van der Waals surface area contributed by atoms with Gasteiger partial charge in [0.05, 0.1) is 0 Å². The van der Waals surface area contributed by atoms with Gasteiger partial charge in [-0.1, -0.05) is 11.6 Å². The van der Waals surface area contributed by atoms with Gasteiger partial charge in [0.15, 0.2) is 0 Å². The van der Waals surface area contributed by atoms with Gasteiger partial charge >= 0.3 is 0 Å². The second kappa shape index (κ2) is 3.40. The first kappa shape index (κ1) is 9.19. The normalized spacial score (nSPS) is 10.9. The standard InChI is InChI=1S/C9H8ClNS2/c1-12-8-6-4-5(10)2-3-7(6)13-9(8)11/h2-4H,11H2,1H3. The number of benzene rings is 1. The molecule has 0 amide bonds. The Labute approximate surface area is 89.9 Å². The van der Waals surface area contributed by atoms with Crippen molar-refractivity contribution >= 4 is 49.8 Å². The number of fused-ring (bicyclic) bond motifs is 1. The van der Waals surface area contributed by atoms with E-state index in [1.807, 2.05) is 24.5 Å². The van der Waals surface area contributed by atoms with Gasteiger partial charge in [-0.25, -0.2) is 0 Å². The van der Waals surface area contributed by atoms with E-state index < -0.39 is 0 Å². The fraction of sp³-hybridized carbons (Fsp3) is 0.111. The van der Waals surface area contributed by atoms with Crippen molar-refractivity contribution in [2.75, 3.05) is 12.0 Å². The van der Waals surface area contributed by atoms with E-state index in [1.54, 1.807) is 23.1 Å². The maximum Gasteiger partial charge on any atom is 0.101 e. The minimum atomic E-state index is 0.764. The van der Waals surface area contributed by atoms with Crippen molar-refractivity contribution in [1.29, 1.82) is 0 Å². The highest BCUT2D eigenvalue weighted by atomic mass is 35.5. The van der Waals surface area contributed by atoms with E-state index >= 15 is 0 Å². The minimum Gasteiger partial charge on any atom is -0.390 e. The van der Waals surface area contributed by atoms with Gasteiger partial charge in [0.25, 0.3) is 0 Å². The van der Waals surface area contributed by atoms with Gasteiger partial charge in [0.2, 0.25) is 0 Å². The molecule has 4 heteroatoms. The summed E-state index contributed by atoms with van der Waals surface area (Å²) >= 11 is 9.19. The molecule has 68 valence electrons. The average molecular weight is 230 g/mol. The summed E-state index contributed by atoms with van der Waals surface area (Å²) in [5, 5.41) is 2.81. The third-order valence-corrected chi connectivity index (χ3v) is 4.05. The maximum absolute atomic E-state index is 5.91. The van der Waals surface area contributed by atoms with Crippen LogP contribution in [0.2, 0.25) is 5.02 Å². The lowest BCUT2D eigenvalue weighted by molar-refractivity contribution is 1.65. The van der Waals surface area contributed by atoms with Crippen molar-refractivity contribution in [1.82, 2.24) is 0 Å². The Morgan fingerprint density at radius 3 is 2.92 bits per heavy atom. The number of thiophene rings is 1. The SMILES string of the molecule is CSc1c(N)sc2ccc(Cl)cc12. The van der Waals surface area contributed by atoms with Crippen molar-refractivity contribution < 1.29 is 0 Å². The van der Waals surface area contributed by atoms with Crippen LogP contribution in [0.3, 0.4) is 0 Å². The zero-order valence-electron chi connectivity index (χ0n) is 7.00. The fourth-order valence-corrected chi connectivity index (χ4v) is 3.33. The van der Waals surface area contributed by atoms with Crippen LogP contribution >= 0.6 is 34.7 Å². The van der Waals surface area contributed by atoms with Crippen LogP contribution in [0, 0.1) is 0 Å². The largest absolute Gasteiger partial charge is 0.390 e. The third kappa shape index (κ3) is 1.52. The molecule has 0 fully saturated rings. The van der Waals surface area contributed by atoms with E-state index in [9.17, 15) is 0 Å². The number of nitrogens with two attached hydrogens (primary N) is 1. The van der Waals surface area contributed by atoms with Crippen LogP contribution in [0.25, 0.3) is 10.1 Å². The Morgan fingerprint density at radius 1 is 1.46 bits per heavy atom. The Kier molecular flexibility index (Phi) is 2.41. The Morgan fingerprint density at radius 2 is 2.23 bits per heavy atom. The van der Waals surface area contributed by atoms with Crippen molar-refractivity contribution in [2.45, 2.75) is 4.90 Å². The predicted molar refractivity (Wildman–Crippen MR) is 63.0 cm³/mol. The molecule has 2 rings (SSSR count). The number of nitrogen functional groups attached to an aromatic ring is 1. The Bertz CT molecular complexity index is 450. The fourth-order valence-electron chi connectivity index (χ4n) is 1.28. The van der Waals surface area contributed by atoms with E-state index in [0.717, 1.165) is 14.9 Å². The number of halogens is 1. The van der Waals surface area contributed by atoms with E-state index in [4.69, 9.17) is 17.3 Å². The van der Waals surface area contributed by atoms with Crippen LogP contribution in [0.4, 0.5) is 5.00 Å². The van der Waals surface area contributed by atoms with Crippen LogP contribution in [-0.4, -0.2) is 6.26 Å². The zero-order valence-corrected chi connectivity index (χ0v) is 9.39. The summed E-state index contributed by atoms with van der Waals surface area (Å²) in [7, 11) is 0. The molecule has 0 aliphatic carbocycles. The molecule has 0 spiro atoms. The number of anilines is 1. The van der Waals surface area contributed by atoms with Crippen LogP contribution in [-0.2, 0) is 0 Å². The molecular formula is C9H8ClNS2. The topological polar surface area (TPSA) is 26.0 Å². The molecule has 1 aromatic carbocycles. The smallest absolute Gasteiger partial charge is 0.101 e. The quantitative estimate of drug-likeness (QED) is 0.752. The van der Waals surface area contributed by atoms with Crippen molar-refractivity contribution in [3.63, 3.8) is 0 Å². The minimum absolute atomic E-state index is 0.764. The third-order valence-electron chi connectivity index (χ3n) is 1.83. The summed E-state index contributed by atoms with van der Waals surface area (Å²) in [4.78, 5) is 1.14. The lowest BCUT2D eigenvalue weighted by Crippen LogP contribution is -1.79. The summed E-state index contributed by atoms with van der Waals surface area (Å²) in [5.74, 6) is 0. The lowest BCUT2D eigenvalue weighted by atomic mass is 10.3. The van der Waals surface area contributed by atoms with E-state index in [1.165, 1.54) is 10.1 Å². The van der Waals surface area contributed by atoms with Crippen LogP contribution in [0.5, 0.6) is 0 Å². The highest BCUT2D eigenvalue weighted by Gasteiger charge is 2.08. The molecule has 0 unspecified atom stereocenters. The van der Waals surface area contributed by atoms with Crippen LogP contribution in [0.1, 0.15) is 0 Å². The molecule has 0 saturated heterocycles. The second-order valence-electron chi connectivity index (χ2n) is 2.64. The summed E-state index contributed by atoms with van der Waals surface area (Å²) in [6.07, 6.45) is 2.03. The van der Waals surface area contributed by atoms with Gasteiger partial charge < -0.3 is 5.73 Å². The molecule has 1 aromatic heterocycles. The van der Waals surface area contributed by atoms with Crippen molar-refractivity contribution in [3.8, 4) is 0 Å². The first-order chi connectivity index (χ1) is 6.22. The Balaban J connectivity index is 2.80. The first-order valence-electron chi connectivity index (χ1n) is 3.74. The van der Waals surface area contributed by atoms with Crippen LogP contribution < -0.4 is 5.73 Å². The molecule has 0 bridgehead atoms. The molecule has 0 aliphatic rings. The van der Waals surface area contributed by atoms with Crippen molar-refractivity contribution in [3.05, 3.63) is 23.2 Å². The van der Waals surface area contributed by atoms with E-state index in [2.05, 4.69) is 0 Å². The Hall–Kier alpha value is -0.380. The molecule has 0 saturated carbocycles. The molecule has 1 nitrogen and oxygen atoms in total. The highest BCUT2D eigenvalue weighted by molar-refractivity contribution is 7.99. The molecule has 0 atom stereocenters. The summed E-state index contributed by atoms with van der Waals surface area (Å²) in [6, 6.07) is 5.87. The van der Waals surface area contributed by atoms with Crippen molar-refractivity contribution in [2.24, 2.45) is 0 Å². The molecule has 13 heavy (non-hydrogen) atoms. The molecule has 0 radical (unpaired) electrons. The van der Waals surface area contributed by atoms with Gasteiger partial charge in [-0.05, 0) is 24.5 Å². The summed E-state index contributed by atoms with van der Waals surface area (Å²) < 4.78 is 1.20. The lowest BCUT2D eigenvalue weighted by Gasteiger charge is -1.95. The molecule has 1 heterocycles. The predicted octanol–water partition coefficient (Wildman–Crippen LogP) is 3.86. The van der Waals surface area contributed by atoms with Gasteiger partial charge in [0, 0.05) is 20.0 Å². The van der Waals surface area contributed by atoms with E-state index in [0.29, 0.717) is 0 Å².